The van der Waals surface area contributed by atoms with Crippen molar-refractivity contribution in [3.05, 3.63) is 114 Å². The Balaban J connectivity index is 1.59. The maximum atomic E-state index is 2.60. The molecule has 0 bridgehead atoms. The summed E-state index contributed by atoms with van der Waals surface area (Å²) in [6.45, 7) is 3.35. The fraction of sp³-hybridized carbons (Fsp3) is 0.200. The Labute approximate surface area is 156 Å². The molecular weight excluding hydrogens is 314 g/mol. The van der Waals surface area contributed by atoms with Crippen molar-refractivity contribution in [3.8, 4) is 0 Å². The Morgan fingerprint density at radius 2 is 1.35 bits per heavy atom. The van der Waals surface area contributed by atoms with Crippen molar-refractivity contribution in [1.29, 1.82) is 0 Å². The number of benzene rings is 3. The van der Waals surface area contributed by atoms with E-state index in [2.05, 4.69) is 115 Å². The Kier molecular flexibility index (Phi) is 4.99. The molecule has 26 heavy (non-hydrogen) atoms. The maximum absolute atomic E-state index is 2.60. The van der Waals surface area contributed by atoms with Crippen molar-refractivity contribution in [3.63, 3.8) is 0 Å². The van der Waals surface area contributed by atoms with Gasteiger partial charge in [0.25, 0.3) is 0 Å². The summed E-state index contributed by atoms with van der Waals surface area (Å²) in [7, 11) is 0. The van der Waals surface area contributed by atoms with Gasteiger partial charge in [-0.3, -0.25) is 4.90 Å². The first-order valence-electron chi connectivity index (χ1n) is 9.41. The predicted molar refractivity (Wildman–Crippen MR) is 110 cm³/mol. The standard InChI is InChI=1S/C25H25N/c1-20-25(23-15-9-4-10-16-23)24(18-17-21-11-5-2-6-12-21)26(20)19-22-13-7-3-8-14-22/h2-18,20,24-25H,19H2,1H3/b18-17+/t20-,24+,25+/m0/s1. The first-order chi connectivity index (χ1) is 12.8. The quantitative estimate of drug-likeness (QED) is 0.571. The minimum Gasteiger partial charge on any atom is -0.289 e. The average molecular weight is 339 g/mol. The number of hydrogen-bond donors (Lipinski definition) is 0. The van der Waals surface area contributed by atoms with Crippen LogP contribution in [0.15, 0.2) is 97.1 Å². The smallest absolute Gasteiger partial charge is 0.0371 e. The molecule has 1 aliphatic rings. The van der Waals surface area contributed by atoms with Crippen molar-refractivity contribution in [2.75, 3.05) is 0 Å². The van der Waals surface area contributed by atoms with Crippen LogP contribution >= 0.6 is 0 Å². The first kappa shape index (κ1) is 16.8. The molecule has 1 aliphatic heterocycles. The summed E-state index contributed by atoms with van der Waals surface area (Å²) in [6, 6.07) is 33.3. The van der Waals surface area contributed by atoms with Crippen LogP contribution in [0.25, 0.3) is 6.08 Å². The number of likely N-dealkylation sites (tertiary alicyclic amines) is 1. The van der Waals surface area contributed by atoms with Gasteiger partial charge in [0.05, 0.1) is 0 Å². The number of nitrogens with zero attached hydrogens (tertiary/aromatic N) is 1. The van der Waals surface area contributed by atoms with Crippen LogP contribution in [-0.2, 0) is 6.54 Å². The Hall–Kier alpha value is -2.64. The molecule has 1 heteroatoms. The second-order valence-electron chi connectivity index (χ2n) is 7.10. The third-order valence-electron chi connectivity index (χ3n) is 5.47. The van der Waals surface area contributed by atoms with Gasteiger partial charge in [-0.15, -0.1) is 0 Å². The van der Waals surface area contributed by atoms with Gasteiger partial charge in [0.2, 0.25) is 0 Å². The highest BCUT2D eigenvalue weighted by atomic mass is 15.3. The van der Waals surface area contributed by atoms with Gasteiger partial charge in [0.15, 0.2) is 0 Å². The van der Waals surface area contributed by atoms with E-state index in [-0.39, 0.29) is 0 Å². The lowest BCUT2D eigenvalue weighted by molar-refractivity contribution is 0.0165. The highest BCUT2D eigenvalue weighted by molar-refractivity contribution is 5.51. The summed E-state index contributed by atoms with van der Waals surface area (Å²) in [5.41, 5.74) is 4.08. The van der Waals surface area contributed by atoms with E-state index in [1.165, 1.54) is 16.7 Å². The van der Waals surface area contributed by atoms with Gasteiger partial charge >= 0.3 is 0 Å². The van der Waals surface area contributed by atoms with Crippen LogP contribution in [0, 0.1) is 0 Å². The third kappa shape index (κ3) is 3.49. The minimum absolute atomic E-state index is 0.424. The Morgan fingerprint density at radius 1 is 0.769 bits per heavy atom. The Morgan fingerprint density at radius 3 is 2.00 bits per heavy atom. The molecule has 4 rings (SSSR count). The molecule has 0 aliphatic carbocycles. The van der Waals surface area contributed by atoms with E-state index in [9.17, 15) is 0 Å². The zero-order valence-corrected chi connectivity index (χ0v) is 15.2. The maximum Gasteiger partial charge on any atom is 0.0371 e. The normalized spacial score (nSPS) is 23.0. The fourth-order valence-corrected chi connectivity index (χ4v) is 4.07. The van der Waals surface area contributed by atoms with Gasteiger partial charge in [-0.2, -0.15) is 0 Å². The summed E-state index contributed by atoms with van der Waals surface area (Å²) in [4.78, 5) is 2.60. The molecule has 0 amide bonds. The summed E-state index contributed by atoms with van der Waals surface area (Å²) in [6.07, 6.45) is 4.65. The molecule has 0 saturated carbocycles. The van der Waals surface area contributed by atoms with Crippen LogP contribution < -0.4 is 0 Å². The lowest BCUT2D eigenvalue weighted by Gasteiger charge is -2.53. The molecule has 3 aromatic carbocycles. The highest BCUT2D eigenvalue weighted by Gasteiger charge is 2.44. The molecule has 0 N–H and O–H groups in total. The van der Waals surface area contributed by atoms with E-state index in [4.69, 9.17) is 0 Å². The summed E-state index contributed by atoms with van der Waals surface area (Å²) in [5.74, 6) is 0.542. The molecule has 130 valence electrons. The van der Waals surface area contributed by atoms with E-state index >= 15 is 0 Å². The molecule has 0 unspecified atom stereocenters. The number of rotatable bonds is 5. The molecule has 1 fully saturated rings. The van der Waals surface area contributed by atoms with Crippen LogP contribution in [0.5, 0.6) is 0 Å². The Bertz CT molecular complexity index is 839. The summed E-state index contributed by atoms with van der Waals surface area (Å²) >= 11 is 0. The van der Waals surface area contributed by atoms with Crippen molar-refractivity contribution < 1.29 is 0 Å². The van der Waals surface area contributed by atoms with Crippen LogP contribution in [0.2, 0.25) is 0 Å². The van der Waals surface area contributed by atoms with Gasteiger partial charge in [-0.25, -0.2) is 0 Å². The van der Waals surface area contributed by atoms with E-state index < -0.39 is 0 Å². The van der Waals surface area contributed by atoms with Crippen LogP contribution in [-0.4, -0.2) is 17.0 Å². The van der Waals surface area contributed by atoms with E-state index in [1.807, 2.05) is 0 Å². The van der Waals surface area contributed by atoms with Gasteiger partial charge in [0, 0.05) is 24.5 Å². The monoisotopic (exact) mass is 339 g/mol. The molecule has 0 spiro atoms. The van der Waals surface area contributed by atoms with Crippen molar-refractivity contribution >= 4 is 6.08 Å². The van der Waals surface area contributed by atoms with E-state index in [1.54, 1.807) is 0 Å². The molecule has 1 nitrogen and oxygen atoms in total. The molecule has 3 atom stereocenters. The van der Waals surface area contributed by atoms with Gasteiger partial charge in [-0.1, -0.05) is 103 Å². The molecule has 3 aromatic rings. The van der Waals surface area contributed by atoms with Crippen molar-refractivity contribution in [1.82, 2.24) is 4.90 Å². The van der Waals surface area contributed by atoms with Gasteiger partial charge < -0.3 is 0 Å². The van der Waals surface area contributed by atoms with E-state index in [0.29, 0.717) is 18.0 Å². The molecule has 0 aromatic heterocycles. The zero-order chi connectivity index (χ0) is 17.8. The summed E-state index contributed by atoms with van der Waals surface area (Å²) in [5, 5.41) is 0. The van der Waals surface area contributed by atoms with Crippen molar-refractivity contribution in [2.24, 2.45) is 0 Å². The van der Waals surface area contributed by atoms with Crippen molar-refractivity contribution in [2.45, 2.75) is 31.5 Å². The first-order valence-corrected chi connectivity index (χ1v) is 9.41. The second-order valence-corrected chi connectivity index (χ2v) is 7.10. The third-order valence-corrected chi connectivity index (χ3v) is 5.47. The molecule has 1 saturated heterocycles. The fourth-order valence-electron chi connectivity index (χ4n) is 4.07. The second kappa shape index (κ2) is 7.72. The topological polar surface area (TPSA) is 3.24 Å². The predicted octanol–water partition coefficient (Wildman–Crippen LogP) is 5.76. The lowest BCUT2D eigenvalue weighted by atomic mass is 9.75. The minimum atomic E-state index is 0.424. The van der Waals surface area contributed by atoms with E-state index in [0.717, 1.165) is 6.54 Å². The van der Waals surface area contributed by atoms with Crippen LogP contribution in [0.1, 0.15) is 29.5 Å². The number of hydrogen-bond acceptors (Lipinski definition) is 1. The van der Waals surface area contributed by atoms with Gasteiger partial charge in [0.1, 0.15) is 0 Å². The van der Waals surface area contributed by atoms with Crippen LogP contribution in [0.4, 0.5) is 0 Å². The highest BCUT2D eigenvalue weighted by Crippen LogP contribution is 2.42. The van der Waals surface area contributed by atoms with Gasteiger partial charge in [-0.05, 0) is 23.6 Å². The zero-order valence-electron chi connectivity index (χ0n) is 15.2. The average Bonchev–Trinajstić information content (AvgIpc) is 2.71. The summed E-state index contributed by atoms with van der Waals surface area (Å²) < 4.78 is 0. The molecular formula is C25H25N. The molecule has 1 heterocycles. The molecule has 0 radical (unpaired) electrons. The largest absolute Gasteiger partial charge is 0.289 e. The lowest BCUT2D eigenvalue weighted by Crippen LogP contribution is -2.59. The van der Waals surface area contributed by atoms with Crippen LogP contribution in [0.3, 0.4) is 0 Å². The SMILES string of the molecule is C[C@H]1[C@H](c2ccccc2)[C@@H](/C=C/c2ccccc2)N1Cc1ccccc1.